The standard InChI is InChI=1S/C22H27N5O6/c23-11-19(30)27-18(10-14-3-7-16(29)8-4-14)22(33)25-12-20(31)26-17(21(24)32)9-13-1-5-15(28)6-2-13/h1-8,17-18,28-29H,9-12,23H2,(H2,24,32)(H,25,33)(H,26,31)(H,27,30)/t17-,18-/m0/s1. The van der Waals surface area contributed by atoms with Gasteiger partial charge in [-0.3, -0.25) is 19.2 Å². The van der Waals surface area contributed by atoms with Gasteiger partial charge in [0.25, 0.3) is 0 Å². The second kappa shape index (κ2) is 12.1. The first-order valence-electron chi connectivity index (χ1n) is 10.1. The SMILES string of the molecule is NCC(=O)N[C@@H](Cc1ccc(O)cc1)C(=O)NCC(=O)N[C@@H](Cc1ccc(O)cc1)C(N)=O. The van der Waals surface area contributed by atoms with Crippen molar-refractivity contribution in [2.45, 2.75) is 24.9 Å². The van der Waals surface area contributed by atoms with Gasteiger partial charge in [-0.1, -0.05) is 24.3 Å². The fourth-order valence-corrected chi connectivity index (χ4v) is 2.96. The topological polar surface area (TPSA) is 197 Å². The van der Waals surface area contributed by atoms with Crippen LogP contribution in [0, 0.1) is 0 Å². The van der Waals surface area contributed by atoms with Crippen molar-refractivity contribution in [3.8, 4) is 11.5 Å². The highest BCUT2D eigenvalue weighted by Crippen LogP contribution is 2.12. The van der Waals surface area contributed by atoms with Gasteiger partial charge in [0.1, 0.15) is 23.6 Å². The molecule has 9 N–H and O–H groups in total. The molecule has 4 amide bonds. The summed E-state index contributed by atoms with van der Waals surface area (Å²) in [6.45, 7) is -0.778. The van der Waals surface area contributed by atoms with E-state index in [0.717, 1.165) is 0 Å². The number of carbonyl (C=O) groups is 4. The molecule has 0 saturated carbocycles. The van der Waals surface area contributed by atoms with Gasteiger partial charge in [0, 0.05) is 12.8 Å². The Balaban J connectivity index is 1.96. The van der Waals surface area contributed by atoms with Crippen molar-refractivity contribution < 1.29 is 29.4 Å². The van der Waals surface area contributed by atoms with E-state index in [-0.39, 0.29) is 30.9 Å². The Morgan fingerprint density at radius 2 is 1.21 bits per heavy atom. The van der Waals surface area contributed by atoms with Gasteiger partial charge < -0.3 is 37.6 Å². The van der Waals surface area contributed by atoms with Crippen molar-refractivity contribution in [1.82, 2.24) is 16.0 Å². The first kappa shape index (κ1) is 25.1. The number of carbonyl (C=O) groups excluding carboxylic acids is 4. The number of phenols is 2. The van der Waals surface area contributed by atoms with E-state index in [2.05, 4.69) is 16.0 Å². The van der Waals surface area contributed by atoms with Gasteiger partial charge in [-0.25, -0.2) is 0 Å². The molecular weight excluding hydrogens is 430 g/mol. The van der Waals surface area contributed by atoms with Gasteiger partial charge >= 0.3 is 0 Å². The summed E-state index contributed by atoms with van der Waals surface area (Å²) in [6.07, 6.45) is 0.204. The van der Waals surface area contributed by atoms with Crippen molar-refractivity contribution in [1.29, 1.82) is 0 Å². The average molecular weight is 457 g/mol. The van der Waals surface area contributed by atoms with E-state index in [0.29, 0.717) is 11.1 Å². The highest BCUT2D eigenvalue weighted by atomic mass is 16.3. The molecule has 0 aliphatic carbocycles. The number of nitrogens with one attached hydrogen (secondary N) is 3. The Morgan fingerprint density at radius 1 is 0.758 bits per heavy atom. The number of nitrogens with two attached hydrogens (primary N) is 2. The van der Waals surface area contributed by atoms with Crippen LogP contribution in [0.5, 0.6) is 11.5 Å². The maximum absolute atomic E-state index is 12.6. The van der Waals surface area contributed by atoms with Crippen molar-refractivity contribution in [2.75, 3.05) is 13.1 Å². The number of primary amides is 1. The third-order valence-corrected chi connectivity index (χ3v) is 4.69. The molecule has 0 aliphatic rings. The monoisotopic (exact) mass is 457 g/mol. The fourth-order valence-electron chi connectivity index (χ4n) is 2.96. The number of benzene rings is 2. The van der Waals surface area contributed by atoms with Crippen LogP contribution < -0.4 is 27.4 Å². The summed E-state index contributed by atoms with van der Waals surface area (Å²) in [4.78, 5) is 48.3. The number of hydrogen-bond donors (Lipinski definition) is 7. The molecule has 2 aromatic rings. The molecule has 11 heteroatoms. The minimum absolute atomic E-state index is 0.0544. The molecule has 0 fully saturated rings. The Labute approximate surface area is 190 Å². The number of aromatic hydroxyl groups is 2. The molecule has 0 aromatic heterocycles. The first-order valence-corrected chi connectivity index (χ1v) is 10.1. The molecule has 0 unspecified atom stereocenters. The summed E-state index contributed by atoms with van der Waals surface area (Å²) in [5.41, 5.74) is 12.0. The van der Waals surface area contributed by atoms with Crippen LogP contribution in [0.25, 0.3) is 0 Å². The van der Waals surface area contributed by atoms with E-state index in [1.165, 1.54) is 24.3 Å². The van der Waals surface area contributed by atoms with Gasteiger partial charge in [0.2, 0.25) is 23.6 Å². The molecule has 2 rings (SSSR count). The number of amides is 4. The fraction of sp³-hybridized carbons (Fsp3) is 0.273. The zero-order chi connectivity index (χ0) is 24.4. The zero-order valence-electron chi connectivity index (χ0n) is 17.8. The average Bonchev–Trinajstić information content (AvgIpc) is 2.79. The van der Waals surface area contributed by atoms with E-state index >= 15 is 0 Å². The minimum atomic E-state index is -1.02. The van der Waals surface area contributed by atoms with Crippen LogP contribution in [-0.2, 0) is 32.0 Å². The second-order valence-corrected chi connectivity index (χ2v) is 7.31. The van der Waals surface area contributed by atoms with Crippen LogP contribution in [0.1, 0.15) is 11.1 Å². The van der Waals surface area contributed by atoms with Crippen LogP contribution in [0.2, 0.25) is 0 Å². The number of rotatable bonds is 11. The molecular formula is C22H27N5O6. The van der Waals surface area contributed by atoms with Gasteiger partial charge in [-0.2, -0.15) is 0 Å². The van der Waals surface area contributed by atoms with Gasteiger partial charge in [-0.15, -0.1) is 0 Å². The lowest BCUT2D eigenvalue weighted by Crippen LogP contribution is -2.53. The lowest BCUT2D eigenvalue weighted by molar-refractivity contribution is -0.130. The van der Waals surface area contributed by atoms with Crippen molar-refractivity contribution in [3.05, 3.63) is 59.7 Å². The predicted molar refractivity (Wildman–Crippen MR) is 119 cm³/mol. The Bertz CT molecular complexity index is 978. The third-order valence-electron chi connectivity index (χ3n) is 4.69. The molecule has 0 aliphatic heterocycles. The normalized spacial score (nSPS) is 12.3. The summed E-state index contributed by atoms with van der Waals surface area (Å²) in [5, 5.41) is 26.1. The largest absolute Gasteiger partial charge is 0.508 e. The molecule has 0 saturated heterocycles. The van der Waals surface area contributed by atoms with Gasteiger partial charge in [0.15, 0.2) is 0 Å². The quantitative estimate of drug-likeness (QED) is 0.211. The molecule has 0 radical (unpaired) electrons. The molecule has 0 spiro atoms. The lowest BCUT2D eigenvalue weighted by atomic mass is 10.0. The second-order valence-electron chi connectivity index (χ2n) is 7.31. The summed E-state index contributed by atoms with van der Waals surface area (Å²) in [6, 6.07) is 10.1. The molecule has 2 aromatic carbocycles. The smallest absolute Gasteiger partial charge is 0.243 e. The highest BCUT2D eigenvalue weighted by molar-refractivity contribution is 5.92. The van der Waals surface area contributed by atoms with Crippen molar-refractivity contribution >= 4 is 23.6 Å². The lowest BCUT2D eigenvalue weighted by Gasteiger charge is -2.19. The molecule has 33 heavy (non-hydrogen) atoms. The van der Waals surface area contributed by atoms with E-state index in [4.69, 9.17) is 11.5 Å². The highest BCUT2D eigenvalue weighted by Gasteiger charge is 2.23. The minimum Gasteiger partial charge on any atom is -0.508 e. The molecule has 11 nitrogen and oxygen atoms in total. The van der Waals surface area contributed by atoms with Crippen LogP contribution in [0.4, 0.5) is 0 Å². The Hall–Kier alpha value is -4.12. The zero-order valence-corrected chi connectivity index (χ0v) is 17.8. The summed E-state index contributed by atoms with van der Waals surface area (Å²) in [7, 11) is 0. The summed E-state index contributed by atoms with van der Waals surface area (Å²) in [5.74, 6) is -2.48. The van der Waals surface area contributed by atoms with Crippen LogP contribution in [0.3, 0.4) is 0 Å². The molecule has 0 heterocycles. The Morgan fingerprint density at radius 3 is 1.67 bits per heavy atom. The maximum atomic E-state index is 12.6. The van der Waals surface area contributed by atoms with Crippen LogP contribution in [0.15, 0.2) is 48.5 Å². The van der Waals surface area contributed by atoms with Crippen molar-refractivity contribution in [2.24, 2.45) is 11.5 Å². The van der Waals surface area contributed by atoms with Gasteiger partial charge in [0.05, 0.1) is 13.1 Å². The van der Waals surface area contributed by atoms with E-state index < -0.39 is 42.3 Å². The maximum Gasteiger partial charge on any atom is 0.243 e. The van der Waals surface area contributed by atoms with E-state index in [1.807, 2.05) is 0 Å². The number of hydrogen-bond acceptors (Lipinski definition) is 7. The number of phenolic OH excluding ortho intramolecular Hbond substituents is 2. The first-order chi connectivity index (χ1) is 15.7. The van der Waals surface area contributed by atoms with Crippen molar-refractivity contribution in [3.63, 3.8) is 0 Å². The third kappa shape index (κ3) is 8.50. The summed E-state index contributed by atoms with van der Waals surface area (Å²) < 4.78 is 0. The molecule has 176 valence electrons. The van der Waals surface area contributed by atoms with E-state index in [9.17, 15) is 29.4 Å². The Kier molecular flexibility index (Phi) is 9.18. The van der Waals surface area contributed by atoms with Gasteiger partial charge in [-0.05, 0) is 35.4 Å². The van der Waals surface area contributed by atoms with Crippen LogP contribution in [-0.4, -0.2) is 59.0 Å². The molecule has 0 bridgehead atoms. The molecule has 2 atom stereocenters. The van der Waals surface area contributed by atoms with Crippen LogP contribution >= 0.6 is 0 Å². The van der Waals surface area contributed by atoms with E-state index in [1.54, 1.807) is 24.3 Å². The summed E-state index contributed by atoms with van der Waals surface area (Å²) >= 11 is 0. The predicted octanol–water partition coefficient (Wildman–Crippen LogP) is -1.59.